The van der Waals surface area contributed by atoms with E-state index in [0.717, 1.165) is 5.75 Å². The van der Waals surface area contributed by atoms with Gasteiger partial charge in [0.15, 0.2) is 11.6 Å². The SMILES string of the molecule is COc1cccc(CSCC(C)CN)c1F. The topological polar surface area (TPSA) is 35.2 Å². The summed E-state index contributed by atoms with van der Waals surface area (Å²) in [7, 11) is 1.48. The lowest BCUT2D eigenvalue weighted by Crippen LogP contribution is -2.12. The van der Waals surface area contributed by atoms with Gasteiger partial charge in [0, 0.05) is 11.3 Å². The lowest BCUT2D eigenvalue weighted by Gasteiger charge is -2.09. The lowest BCUT2D eigenvalue weighted by molar-refractivity contribution is 0.385. The third-order valence-corrected chi connectivity index (χ3v) is 3.65. The van der Waals surface area contributed by atoms with Gasteiger partial charge in [0.2, 0.25) is 0 Å². The Morgan fingerprint density at radius 3 is 2.88 bits per heavy atom. The molecule has 0 aliphatic heterocycles. The van der Waals surface area contributed by atoms with E-state index >= 15 is 0 Å². The molecule has 0 bridgehead atoms. The highest BCUT2D eigenvalue weighted by molar-refractivity contribution is 7.98. The molecule has 1 aromatic rings. The first-order valence-electron chi connectivity index (χ1n) is 5.28. The molecule has 0 aliphatic rings. The minimum Gasteiger partial charge on any atom is -0.494 e. The number of hydrogen-bond donors (Lipinski definition) is 1. The Bertz CT molecular complexity index is 333. The fourth-order valence-corrected chi connectivity index (χ4v) is 2.36. The highest BCUT2D eigenvalue weighted by Crippen LogP contribution is 2.24. The Labute approximate surface area is 100 Å². The molecule has 0 saturated heterocycles. The van der Waals surface area contributed by atoms with Gasteiger partial charge in [0.05, 0.1) is 7.11 Å². The second kappa shape index (κ2) is 6.76. The maximum absolute atomic E-state index is 13.7. The second-order valence-corrected chi connectivity index (χ2v) is 4.82. The molecule has 0 aromatic heterocycles. The molecule has 16 heavy (non-hydrogen) atoms. The van der Waals surface area contributed by atoms with E-state index in [4.69, 9.17) is 10.5 Å². The smallest absolute Gasteiger partial charge is 0.169 e. The summed E-state index contributed by atoms with van der Waals surface area (Å²) in [5.74, 6) is 2.14. The molecule has 1 unspecified atom stereocenters. The van der Waals surface area contributed by atoms with Gasteiger partial charge in [-0.15, -0.1) is 0 Å². The molecular formula is C12H18FNOS. The molecule has 0 radical (unpaired) electrons. The molecule has 0 aliphatic carbocycles. The van der Waals surface area contributed by atoms with Crippen LogP contribution in [0.25, 0.3) is 0 Å². The van der Waals surface area contributed by atoms with Crippen molar-refractivity contribution in [2.24, 2.45) is 11.7 Å². The molecule has 0 amide bonds. The number of benzene rings is 1. The van der Waals surface area contributed by atoms with Crippen LogP contribution in [0, 0.1) is 11.7 Å². The normalized spacial score (nSPS) is 12.5. The van der Waals surface area contributed by atoms with Gasteiger partial charge < -0.3 is 10.5 Å². The first-order chi connectivity index (χ1) is 7.69. The monoisotopic (exact) mass is 243 g/mol. The van der Waals surface area contributed by atoms with Gasteiger partial charge in [0.1, 0.15) is 0 Å². The van der Waals surface area contributed by atoms with Gasteiger partial charge >= 0.3 is 0 Å². The summed E-state index contributed by atoms with van der Waals surface area (Å²) in [5.41, 5.74) is 6.21. The van der Waals surface area contributed by atoms with Crippen LogP contribution in [0.1, 0.15) is 12.5 Å². The molecule has 4 heteroatoms. The third kappa shape index (κ3) is 3.68. The zero-order valence-electron chi connectivity index (χ0n) is 9.70. The van der Waals surface area contributed by atoms with Gasteiger partial charge in [-0.1, -0.05) is 19.1 Å². The summed E-state index contributed by atoms with van der Waals surface area (Å²) < 4.78 is 18.6. The predicted molar refractivity (Wildman–Crippen MR) is 67.3 cm³/mol. The van der Waals surface area contributed by atoms with E-state index < -0.39 is 0 Å². The molecule has 1 atom stereocenters. The number of ether oxygens (including phenoxy) is 1. The van der Waals surface area contributed by atoms with E-state index in [1.165, 1.54) is 7.11 Å². The van der Waals surface area contributed by atoms with Crippen molar-refractivity contribution < 1.29 is 9.13 Å². The fraction of sp³-hybridized carbons (Fsp3) is 0.500. The van der Waals surface area contributed by atoms with E-state index in [1.807, 2.05) is 6.07 Å². The van der Waals surface area contributed by atoms with E-state index in [-0.39, 0.29) is 5.82 Å². The second-order valence-electron chi connectivity index (χ2n) is 3.79. The van der Waals surface area contributed by atoms with Gasteiger partial charge in [-0.2, -0.15) is 11.8 Å². The molecule has 0 heterocycles. The van der Waals surface area contributed by atoms with Crippen LogP contribution in [0.5, 0.6) is 5.75 Å². The number of methoxy groups -OCH3 is 1. The number of nitrogens with two attached hydrogens (primary N) is 1. The molecule has 1 aromatic carbocycles. The largest absolute Gasteiger partial charge is 0.494 e. The van der Waals surface area contributed by atoms with Crippen LogP contribution >= 0.6 is 11.8 Å². The summed E-state index contributed by atoms with van der Waals surface area (Å²) in [6, 6.07) is 5.23. The maximum Gasteiger partial charge on any atom is 0.169 e. The summed E-state index contributed by atoms with van der Waals surface area (Å²) in [5, 5.41) is 0. The molecule has 2 N–H and O–H groups in total. The third-order valence-electron chi connectivity index (χ3n) is 2.33. The summed E-state index contributed by atoms with van der Waals surface area (Å²) in [4.78, 5) is 0. The van der Waals surface area contributed by atoms with Crippen molar-refractivity contribution in [1.29, 1.82) is 0 Å². The van der Waals surface area contributed by atoms with Crippen molar-refractivity contribution in [2.45, 2.75) is 12.7 Å². The minimum absolute atomic E-state index is 0.252. The average molecular weight is 243 g/mol. The van der Waals surface area contributed by atoms with Crippen molar-refractivity contribution in [3.8, 4) is 5.75 Å². The number of thioether (sulfide) groups is 1. The van der Waals surface area contributed by atoms with E-state index in [0.29, 0.717) is 29.5 Å². The van der Waals surface area contributed by atoms with E-state index in [9.17, 15) is 4.39 Å². The zero-order valence-corrected chi connectivity index (χ0v) is 10.5. The Kier molecular flexibility index (Phi) is 5.63. The van der Waals surface area contributed by atoms with Crippen LogP contribution in [0.2, 0.25) is 0 Å². The molecule has 90 valence electrons. The fourth-order valence-electron chi connectivity index (χ4n) is 1.26. The first-order valence-corrected chi connectivity index (χ1v) is 6.43. The molecular weight excluding hydrogens is 225 g/mol. The Morgan fingerprint density at radius 2 is 2.25 bits per heavy atom. The van der Waals surface area contributed by atoms with Crippen LogP contribution < -0.4 is 10.5 Å². The van der Waals surface area contributed by atoms with Crippen LogP contribution in [-0.2, 0) is 5.75 Å². The quantitative estimate of drug-likeness (QED) is 0.834. The van der Waals surface area contributed by atoms with Crippen molar-refractivity contribution in [3.05, 3.63) is 29.6 Å². The highest BCUT2D eigenvalue weighted by Gasteiger charge is 2.08. The average Bonchev–Trinajstić information content (AvgIpc) is 2.31. The van der Waals surface area contributed by atoms with Crippen LogP contribution in [0.3, 0.4) is 0 Å². The Morgan fingerprint density at radius 1 is 1.50 bits per heavy atom. The maximum atomic E-state index is 13.7. The standard InChI is InChI=1S/C12H18FNOS/c1-9(6-14)7-16-8-10-4-3-5-11(15-2)12(10)13/h3-5,9H,6-8,14H2,1-2H3. The lowest BCUT2D eigenvalue weighted by atomic mass is 10.2. The number of hydrogen-bond acceptors (Lipinski definition) is 3. The van der Waals surface area contributed by atoms with Gasteiger partial charge in [-0.25, -0.2) is 4.39 Å². The molecule has 0 saturated carbocycles. The predicted octanol–water partition coefficient (Wildman–Crippen LogP) is 2.66. The molecule has 2 nitrogen and oxygen atoms in total. The van der Waals surface area contributed by atoms with Crippen molar-refractivity contribution in [1.82, 2.24) is 0 Å². The Hall–Kier alpha value is -0.740. The summed E-state index contributed by atoms with van der Waals surface area (Å²) in [6.45, 7) is 2.77. The van der Waals surface area contributed by atoms with Crippen LogP contribution in [0.4, 0.5) is 4.39 Å². The molecule has 1 rings (SSSR count). The Balaban J connectivity index is 2.54. The van der Waals surface area contributed by atoms with Crippen molar-refractivity contribution in [3.63, 3.8) is 0 Å². The highest BCUT2D eigenvalue weighted by atomic mass is 32.2. The van der Waals surface area contributed by atoms with Crippen LogP contribution in [-0.4, -0.2) is 19.4 Å². The van der Waals surface area contributed by atoms with E-state index in [1.54, 1.807) is 23.9 Å². The van der Waals surface area contributed by atoms with Gasteiger partial charge in [0.25, 0.3) is 0 Å². The molecule has 0 spiro atoms. The van der Waals surface area contributed by atoms with Crippen molar-refractivity contribution in [2.75, 3.05) is 19.4 Å². The number of halogens is 1. The number of rotatable bonds is 6. The van der Waals surface area contributed by atoms with Gasteiger partial charge in [-0.05, 0) is 24.3 Å². The zero-order chi connectivity index (χ0) is 12.0. The summed E-state index contributed by atoms with van der Waals surface area (Å²) in [6.07, 6.45) is 0. The molecule has 0 fully saturated rings. The minimum atomic E-state index is -0.252. The summed E-state index contributed by atoms with van der Waals surface area (Å²) >= 11 is 1.70. The van der Waals surface area contributed by atoms with Gasteiger partial charge in [-0.3, -0.25) is 0 Å². The van der Waals surface area contributed by atoms with Crippen molar-refractivity contribution >= 4 is 11.8 Å². The first kappa shape index (κ1) is 13.3. The van der Waals surface area contributed by atoms with E-state index in [2.05, 4.69) is 6.92 Å². The van der Waals surface area contributed by atoms with Crippen LogP contribution in [0.15, 0.2) is 18.2 Å².